The van der Waals surface area contributed by atoms with E-state index in [0.717, 1.165) is 17.8 Å². The number of phosphoric ester groups is 1. The number of nitrogens with zero attached hydrogens (tertiary/aromatic N) is 1. The molecule has 0 radical (unpaired) electrons. The third kappa shape index (κ3) is 5.64. The Bertz CT molecular complexity index is 719. The largest absolute Gasteiger partial charge is 0.469 e. The minimum atomic E-state index is -4.67. The van der Waals surface area contributed by atoms with Crippen molar-refractivity contribution in [3.63, 3.8) is 0 Å². The Morgan fingerprint density at radius 1 is 1.42 bits per heavy atom. The first-order valence-electron chi connectivity index (χ1n) is 7.11. The number of nitrogens with one attached hydrogen (secondary N) is 1. The average molecular weight is 366 g/mol. The van der Waals surface area contributed by atoms with Gasteiger partial charge in [0.15, 0.2) is 0 Å². The third-order valence-corrected chi connectivity index (χ3v) is 3.76. The molecule has 0 aromatic carbocycles. The molecule has 3 atom stereocenters. The fourth-order valence-corrected chi connectivity index (χ4v) is 2.35. The van der Waals surface area contributed by atoms with Gasteiger partial charge in [-0.2, -0.15) is 0 Å². The minimum absolute atomic E-state index is 0.0283. The molecule has 0 unspecified atom stereocenters. The second-order valence-corrected chi connectivity index (χ2v) is 6.55. The fraction of sp³-hybridized carbons (Fsp3) is 0.667. The number of epoxide rings is 1. The number of phosphoric acid groups is 1. The maximum Gasteiger partial charge on any atom is 0.469 e. The normalized spacial score (nSPS) is 25.9. The highest BCUT2D eigenvalue weighted by molar-refractivity contribution is 7.46. The highest BCUT2D eigenvalue weighted by atomic mass is 31.2. The summed E-state index contributed by atoms with van der Waals surface area (Å²) in [6.45, 7) is 2.99. The first-order valence-corrected chi connectivity index (χ1v) is 8.64. The summed E-state index contributed by atoms with van der Waals surface area (Å²) in [7, 11) is -4.67. The van der Waals surface area contributed by atoms with E-state index in [2.05, 4.69) is 14.2 Å². The molecular weight excluding hydrogens is 347 g/mol. The van der Waals surface area contributed by atoms with Gasteiger partial charge in [0.2, 0.25) is 0 Å². The molecule has 136 valence electrons. The average Bonchev–Trinajstić information content (AvgIpc) is 3.30. The first-order chi connectivity index (χ1) is 11.2. The van der Waals surface area contributed by atoms with Gasteiger partial charge in [-0.1, -0.05) is 0 Å². The van der Waals surface area contributed by atoms with Gasteiger partial charge >= 0.3 is 13.5 Å². The number of hydrogen-bond acceptors (Lipinski definition) is 7. The molecule has 3 heterocycles. The molecular formula is C12H19N2O9P. The van der Waals surface area contributed by atoms with Crippen molar-refractivity contribution in [3.8, 4) is 0 Å². The van der Waals surface area contributed by atoms with Crippen molar-refractivity contribution < 1.29 is 33.5 Å². The number of aliphatic hydroxyl groups is 1. The van der Waals surface area contributed by atoms with Gasteiger partial charge in [-0.25, -0.2) is 9.36 Å². The van der Waals surface area contributed by atoms with Crippen LogP contribution in [0.5, 0.6) is 0 Å². The van der Waals surface area contributed by atoms with Crippen LogP contribution in [0.15, 0.2) is 15.8 Å². The Labute approximate surface area is 136 Å². The number of aromatic amines is 1. The quantitative estimate of drug-likeness (QED) is 0.371. The zero-order valence-electron chi connectivity index (χ0n) is 12.8. The van der Waals surface area contributed by atoms with Crippen molar-refractivity contribution in [1.29, 1.82) is 0 Å². The molecule has 2 saturated heterocycles. The molecule has 0 bridgehead atoms. The highest BCUT2D eigenvalue weighted by Gasteiger charge is 2.37. The van der Waals surface area contributed by atoms with E-state index >= 15 is 0 Å². The van der Waals surface area contributed by atoms with Crippen LogP contribution >= 0.6 is 7.82 Å². The van der Waals surface area contributed by atoms with Gasteiger partial charge in [0.1, 0.15) is 12.3 Å². The number of H-pyrrole nitrogens is 1. The van der Waals surface area contributed by atoms with Crippen LogP contribution in [0.3, 0.4) is 0 Å². The molecule has 1 aromatic rings. The Morgan fingerprint density at radius 2 is 2.04 bits per heavy atom. The molecule has 4 N–H and O–H groups in total. The maximum absolute atomic E-state index is 11.7. The number of aryl methyl sites for hydroxylation is 1. The van der Waals surface area contributed by atoms with Crippen molar-refractivity contribution in [2.75, 3.05) is 19.8 Å². The van der Waals surface area contributed by atoms with Crippen LogP contribution in [0.4, 0.5) is 0 Å². The molecule has 3 rings (SSSR count). The van der Waals surface area contributed by atoms with Crippen molar-refractivity contribution in [2.45, 2.75) is 31.8 Å². The molecule has 12 heteroatoms. The van der Waals surface area contributed by atoms with Crippen LogP contribution in [0.2, 0.25) is 0 Å². The van der Waals surface area contributed by atoms with Crippen molar-refractivity contribution in [1.82, 2.24) is 9.55 Å². The Kier molecular flexibility index (Phi) is 6.10. The molecule has 2 fully saturated rings. The SMILES string of the molecule is C1CO1.Cc1cn([C@H]2C[C@H](O)[C@@H](COP(=O)(O)O)O2)c(=O)[nH]c1=O. The molecule has 24 heavy (non-hydrogen) atoms. The summed E-state index contributed by atoms with van der Waals surface area (Å²) in [5.41, 5.74) is -0.918. The summed E-state index contributed by atoms with van der Waals surface area (Å²) in [5.74, 6) is 0. The third-order valence-electron chi connectivity index (χ3n) is 3.27. The molecule has 0 spiro atoms. The fourth-order valence-electron chi connectivity index (χ4n) is 2.01. The smallest absolute Gasteiger partial charge is 0.390 e. The van der Waals surface area contributed by atoms with E-state index in [1.165, 1.54) is 13.1 Å². The summed E-state index contributed by atoms with van der Waals surface area (Å²) >= 11 is 0. The van der Waals surface area contributed by atoms with E-state index in [1.54, 1.807) is 0 Å². The Balaban J connectivity index is 0.000000623. The highest BCUT2D eigenvalue weighted by Crippen LogP contribution is 2.38. The first kappa shape index (κ1) is 19.0. The number of aliphatic hydroxyl groups excluding tert-OH is 1. The summed E-state index contributed by atoms with van der Waals surface area (Å²) in [6, 6.07) is 0. The van der Waals surface area contributed by atoms with Crippen LogP contribution in [-0.4, -0.2) is 56.5 Å². The minimum Gasteiger partial charge on any atom is -0.390 e. The lowest BCUT2D eigenvalue weighted by Crippen LogP contribution is -2.33. The predicted molar refractivity (Wildman–Crippen MR) is 79.4 cm³/mol. The van der Waals surface area contributed by atoms with E-state index in [-0.39, 0.29) is 6.42 Å². The van der Waals surface area contributed by atoms with Crippen LogP contribution in [0.1, 0.15) is 18.2 Å². The van der Waals surface area contributed by atoms with Gasteiger partial charge in [0.25, 0.3) is 5.56 Å². The van der Waals surface area contributed by atoms with Gasteiger partial charge in [-0.15, -0.1) is 0 Å². The van der Waals surface area contributed by atoms with E-state index in [0.29, 0.717) is 5.56 Å². The van der Waals surface area contributed by atoms with Gasteiger partial charge in [-0.05, 0) is 6.92 Å². The van der Waals surface area contributed by atoms with Gasteiger partial charge in [-0.3, -0.25) is 18.9 Å². The lowest BCUT2D eigenvalue weighted by Gasteiger charge is -2.16. The summed E-state index contributed by atoms with van der Waals surface area (Å²) in [5, 5.41) is 9.79. The Hall–Kier alpha value is -1.33. The standard InChI is InChI=1S/C10H15N2O8P.C2H4O/c1-5-3-12(10(15)11-9(5)14)8-2-6(13)7(20-8)4-19-21(16,17)18;1-2-3-1/h3,6-8,13H,2,4H2,1H3,(H,11,14,15)(H2,16,17,18);1-2H2/t6-,7+,8+;/m0./s1. The van der Waals surface area contributed by atoms with Crippen molar-refractivity contribution in [2.24, 2.45) is 0 Å². The Morgan fingerprint density at radius 3 is 2.58 bits per heavy atom. The van der Waals surface area contributed by atoms with Crippen LogP contribution in [0.25, 0.3) is 0 Å². The summed E-state index contributed by atoms with van der Waals surface area (Å²) in [4.78, 5) is 42.3. The van der Waals surface area contributed by atoms with Crippen molar-refractivity contribution >= 4 is 7.82 Å². The van der Waals surface area contributed by atoms with E-state index in [1.807, 2.05) is 0 Å². The zero-order chi connectivity index (χ0) is 17.9. The van der Waals surface area contributed by atoms with E-state index in [9.17, 15) is 19.3 Å². The topological polar surface area (TPSA) is 164 Å². The molecule has 2 aliphatic heterocycles. The number of ether oxygens (including phenoxy) is 2. The second kappa shape index (κ2) is 7.70. The second-order valence-electron chi connectivity index (χ2n) is 5.31. The molecule has 0 aliphatic carbocycles. The summed E-state index contributed by atoms with van der Waals surface area (Å²) < 4.78 is 25.9. The van der Waals surface area contributed by atoms with Gasteiger partial charge in [0.05, 0.1) is 25.9 Å². The van der Waals surface area contributed by atoms with Crippen LogP contribution in [-0.2, 0) is 18.6 Å². The molecule has 11 nitrogen and oxygen atoms in total. The molecule has 0 saturated carbocycles. The van der Waals surface area contributed by atoms with Gasteiger partial charge in [0, 0.05) is 18.2 Å². The predicted octanol–water partition coefficient (Wildman–Crippen LogP) is -1.38. The zero-order valence-corrected chi connectivity index (χ0v) is 13.7. The van der Waals surface area contributed by atoms with E-state index < -0.39 is 44.1 Å². The maximum atomic E-state index is 11.7. The number of aromatic nitrogens is 2. The monoisotopic (exact) mass is 366 g/mol. The number of rotatable bonds is 4. The number of hydrogen-bond donors (Lipinski definition) is 4. The molecule has 0 amide bonds. The lowest BCUT2D eigenvalue weighted by atomic mass is 10.2. The lowest BCUT2D eigenvalue weighted by molar-refractivity contribution is -0.0451. The molecule has 1 aromatic heterocycles. The summed E-state index contributed by atoms with van der Waals surface area (Å²) in [6.07, 6.45) is -1.57. The van der Waals surface area contributed by atoms with Crippen molar-refractivity contribution in [3.05, 3.63) is 32.6 Å². The van der Waals surface area contributed by atoms with E-state index in [4.69, 9.17) is 14.5 Å². The van der Waals surface area contributed by atoms with Crippen LogP contribution in [0, 0.1) is 6.92 Å². The van der Waals surface area contributed by atoms with Crippen LogP contribution < -0.4 is 11.2 Å². The molecule has 2 aliphatic rings. The van der Waals surface area contributed by atoms with Gasteiger partial charge < -0.3 is 24.4 Å².